The van der Waals surface area contributed by atoms with Gasteiger partial charge in [-0.25, -0.2) is 0 Å². The van der Waals surface area contributed by atoms with Crippen LogP contribution in [0.4, 0.5) is 0 Å². The Morgan fingerprint density at radius 1 is 1.37 bits per heavy atom. The Balaban J connectivity index is 1.39. The molecule has 2 bridgehead atoms. The fourth-order valence-corrected chi connectivity index (χ4v) is 3.43. The lowest BCUT2D eigenvalue weighted by atomic mass is 9.94. The van der Waals surface area contributed by atoms with Gasteiger partial charge in [-0.3, -0.25) is 9.59 Å². The van der Waals surface area contributed by atoms with E-state index in [1.54, 1.807) is 0 Å². The highest BCUT2D eigenvalue weighted by molar-refractivity contribution is 5.74. The van der Waals surface area contributed by atoms with E-state index in [9.17, 15) is 9.59 Å². The van der Waals surface area contributed by atoms with Crippen LogP contribution in [0.3, 0.4) is 0 Å². The molecule has 0 aromatic carbocycles. The molecule has 1 aliphatic heterocycles. The molecule has 0 radical (unpaired) electrons. The van der Waals surface area contributed by atoms with Crippen LogP contribution in [0, 0.1) is 17.8 Å². The molecule has 0 spiro atoms. The van der Waals surface area contributed by atoms with Crippen LogP contribution >= 0.6 is 0 Å². The maximum atomic E-state index is 12.0. The lowest BCUT2D eigenvalue weighted by Crippen LogP contribution is -2.27. The van der Waals surface area contributed by atoms with Crippen molar-refractivity contribution in [1.82, 2.24) is 0 Å². The normalized spacial score (nSPS) is 36.3. The molecular formula is C15H20O4. The van der Waals surface area contributed by atoms with Crippen LogP contribution in [0.25, 0.3) is 0 Å². The molecule has 3 rings (SSSR count). The molecule has 4 atom stereocenters. The zero-order chi connectivity index (χ0) is 13.2. The number of allylic oxidation sites excluding steroid dienone is 2. The second-order valence-electron chi connectivity index (χ2n) is 5.85. The van der Waals surface area contributed by atoms with Gasteiger partial charge in [0, 0.05) is 12.8 Å². The highest BCUT2D eigenvalue weighted by atomic mass is 16.6. The summed E-state index contributed by atoms with van der Waals surface area (Å²) in [6.07, 6.45) is 9.29. The van der Waals surface area contributed by atoms with E-state index in [2.05, 4.69) is 12.2 Å². The number of esters is 2. The number of cyclic esters (lactones) is 1. The lowest BCUT2D eigenvalue weighted by Gasteiger charge is -2.22. The summed E-state index contributed by atoms with van der Waals surface area (Å²) in [7, 11) is 0. The molecule has 1 heterocycles. The summed E-state index contributed by atoms with van der Waals surface area (Å²) < 4.78 is 10.6. The number of carbonyl (C=O) groups excluding carboxylic acids is 2. The van der Waals surface area contributed by atoms with Crippen LogP contribution in [-0.4, -0.2) is 24.6 Å². The molecule has 4 nitrogen and oxygen atoms in total. The Morgan fingerprint density at radius 3 is 2.95 bits per heavy atom. The molecule has 4 heteroatoms. The highest BCUT2D eigenvalue weighted by Crippen LogP contribution is 2.43. The monoisotopic (exact) mass is 264 g/mol. The van der Waals surface area contributed by atoms with Crippen LogP contribution in [0.2, 0.25) is 0 Å². The van der Waals surface area contributed by atoms with Crippen molar-refractivity contribution in [2.75, 3.05) is 6.61 Å². The van der Waals surface area contributed by atoms with Crippen LogP contribution in [-0.2, 0) is 19.1 Å². The summed E-state index contributed by atoms with van der Waals surface area (Å²) in [5.41, 5.74) is 0. The minimum atomic E-state index is -0.124. The zero-order valence-corrected chi connectivity index (χ0v) is 11.0. The molecule has 19 heavy (non-hydrogen) atoms. The van der Waals surface area contributed by atoms with Crippen molar-refractivity contribution in [2.24, 2.45) is 17.8 Å². The smallest absolute Gasteiger partial charge is 0.309 e. The highest BCUT2D eigenvalue weighted by Gasteiger charge is 2.40. The molecule has 2 fully saturated rings. The third-order valence-corrected chi connectivity index (χ3v) is 4.47. The lowest BCUT2D eigenvalue weighted by molar-refractivity contribution is -0.156. The summed E-state index contributed by atoms with van der Waals surface area (Å²) in [6, 6.07) is 0. The van der Waals surface area contributed by atoms with Crippen molar-refractivity contribution >= 4 is 11.9 Å². The van der Waals surface area contributed by atoms with Crippen LogP contribution in [0.5, 0.6) is 0 Å². The second kappa shape index (κ2) is 5.35. The van der Waals surface area contributed by atoms with Gasteiger partial charge in [0.1, 0.15) is 6.10 Å². The fourth-order valence-electron chi connectivity index (χ4n) is 3.43. The summed E-state index contributed by atoms with van der Waals surface area (Å²) in [5.74, 6) is 0.843. The zero-order valence-electron chi connectivity index (χ0n) is 11.0. The number of rotatable bonds is 4. The van der Waals surface area contributed by atoms with E-state index in [4.69, 9.17) is 9.47 Å². The molecule has 1 saturated heterocycles. The number of hydrogen-bond donors (Lipinski definition) is 0. The predicted molar refractivity (Wildman–Crippen MR) is 68.2 cm³/mol. The van der Waals surface area contributed by atoms with E-state index in [1.165, 1.54) is 0 Å². The summed E-state index contributed by atoms with van der Waals surface area (Å²) in [4.78, 5) is 23.1. The number of hydrogen-bond acceptors (Lipinski definition) is 4. The van der Waals surface area contributed by atoms with Gasteiger partial charge in [0.05, 0.1) is 12.5 Å². The standard InChI is InChI=1S/C15H20O4/c16-14-3-1-2-12(19-14)6-7-18-15(17)13-9-10-4-5-11(13)8-10/h4-5,10-13H,1-3,6-9H2. The maximum Gasteiger partial charge on any atom is 0.309 e. The Hall–Kier alpha value is -1.32. The Bertz CT molecular complexity index is 401. The van der Waals surface area contributed by atoms with E-state index < -0.39 is 0 Å². The second-order valence-corrected chi connectivity index (χ2v) is 5.85. The molecule has 104 valence electrons. The fraction of sp³-hybridized carbons (Fsp3) is 0.733. The first-order chi connectivity index (χ1) is 9.22. The van der Waals surface area contributed by atoms with Gasteiger partial charge in [-0.15, -0.1) is 0 Å². The number of fused-ring (bicyclic) bond motifs is 2. The summed E-state index contributed by atoms with van der Waals surface area (Å²) >= 11 is 0. The first-order valence-electron chi connectivity index (χ1n) is 7.27. The summed E-state index contributed by atoms with van der Waals surface area (Å²) in [6.45, 7) is 0.369. The van der Waals surface area contributed by atoms with Crippen LogP contribution in [0.1, 0.15) is 38.5 Å². The minimum Gasteiger partial charge on any atom is -0.465 e. The summed E-state index contributed by atoms with van der Waals surface area (Å²) in [5, 5.41) is 0. The van der Waals surface area contributed by atoms with Gasteiger partial charge in [0.2, 0.25) is 0 Å². The number of ether oxygens (including phenoxy) is 2. The number of carbonyl (C=O) groups is 2. The van der Waals surface area contributed by atoms with Gasteiger partial charge < -0.3 is 9.47 Å². The molecule has 0 aromatic rings. The van der Waals surface area contributed by atoms with E-state index in [-0.39, 0.29) is 24.0 Å². The van der Waals surface area contributed by atoms with Crippen molar-refractivity contribution < 1.29 is 19.1 Å². The Labute approximate surface area is 113 Å². The van der Waals surface area contributed by atoms with E-state index in [1.807, 2.05) is 0 Å². The SMILES string of the molecule is O=C1CCCC(CCOC(=O)C2CC3C=CC2C3)O1. The minimum absolute atomic E-state index is 0.0592. The third-order valence-electron chi connectivity index (χ3n) is 4.47. The Kier molecular flexibility index (Phi) is 3.58. The quantitative estimate of drug-likeness (QED) is 0.577. The maximum absolute atomic E-state index is 12.0. The first-order valence-corrected chi connectivity index (χ1v) is 7.27. The molecular weight excluding hydrogens is 244 g/mol. The van der Waals surface area contributed by atoms with E-state index in [0.29, 0.717) is 31.3 Å². The van der Waals surface area contributed by atoms with Crippen LogP contribution in [0.15, 0.2) is 12.2 Å². The Morgan fingerprint density at radius 2 is 2.26 bits per heavy atom. The molecule has 3 aliphatic rings. The molecule has 2 aliphatic carbocycles. The average Bonchev–Trinajstić information content (AvgIpc) is 3.01. The molecule has 0 aromatic heterocycles. The molecule has 4 unspecified atom stereocenters. The third kappa shape index (κ3) is 2.82. The van der Waals surface area contributed by atoms with E-state index in [0.717, 1.165) is 25.7 Å². The van der Waals surface area contributed by atoms with E-state index >= 15 is 0 Å². The van der Waals surface area contributed by atoms with Gasteiger partial charge >= 0.3 is 11.9 Å². The van der Waals surface area contributed by atoms with Crippen molar-refractivity contribution in [3.05, 3.63) is 12.2 Å². The van der Waals surface area contributed by atoms with Gasteiger partial charge in [-0.1, -0.05) is 12.2 Å². The van der Waals surface area contributed by atoms with Crippen molar-refractivity contribution in [3.63, 3.8) is 0 Å². The average molecular weight is 264 g/mol. The van der Waals surface area contributed by atoms with Gasteiger partial charge in [0.15, 0.2) is 0 Å². The van der Waals surface area contributed by atoms with Gasteiger partial charge in [-0.2, -0.15) is 0 Å². The van der Waals surface area contributed by atoms with Gasteiger partial charge in [0.25, 0.3) is 0 Å². The first kappa shape index (κ1) is 12.7. The molecule has 0 N–H and O–H groups in total. The predicted octanol–water partition coefficient (Wildman–Crippen LogP) is 2.23. The largest absolute Gasteiger partial charge is 0.465 e. The van der Waals surface area contributed by atoms with Crippen molar-refractivity contribution in [1.29, 1.82) is 0 Å². The van der Waals surface area contributed by atoms with Gasteiger partial charge in [-0.05, 0) is 37.5 Å². The van der Waals surface area contributed by atoms with Crippen LogP contribution < -0.4 is 0 Å². The van der Waals surface area contributed by atoms with Crippen molar-refractivity contribution in [2.45, 2.75) is 44.6 Å². The molecule has 0 amide bonds. The van der Waals surface area contributed by atoms with Crippen molar-refractivity contribution in [3.8, 4) is 0 Å². The topological polar surface area (TPSA) is 52.6 Å². The molecule has 1 saturated carbocycles.